The zero-order chi connectivity index (χ0) is 17.9. The highest BCUT2D eigenvalue weighted by Gasteiger charge is 2.18. The smallest absolute Gasteiger partial charge is 0.408 e. The van der Waals surface area contributed by atoms with Crippen LogP contribution in [0.3, 0.4) is 0 Å². The largest absolute Gasteiger partial charge is 0.496 e. The summed E-state index contributed by atoms with van der Waals surface area (Å²) < 4.78 is 16.0. The number of nitrogens with one attached hydrogen (secondary N) is 1. The number of carbonyl (C=O) groups is 2. The second-order valence-corrected chi connectivity index (χ2v) is 7.09. The number of alkyl carbamates (subject to hydrolysis) is 1. The highest BCUT2D eigenvalue weighted by atomic mass is 32.1. The number of methoxy groups -OCH3 is 2. The maximum absolute atomic E-state index is 11.8. The summed E-state index contributed by atoms with van der Waals surface area (Å²) in [6.07, 6.45) is -0.505. The minimum absolute atomic E-state index is 0. The summed E-state index contributed by atoms with van der Waals surface area (Å²) in [6.45, 7) is 5.63. The minimum Gasteiger partial charge on any atom is -0.496 e. The lowest BCUT2D eigenvalue weighted by Gasteiger charge is -2.19. The number of thiazole rings is 1. The summed E-state index contributed by atoms with van der Waals surface area (Å²) in [4.78, 5) is 27.9. The first-order valence-corrected chi connectivity index (χ1v) is 8.08. The fraction of sp³-hybridized carbons (Fsp3) is 0.438. The molecule has 2 rings (SSSR count). The van der Waals surface area contributed by atoms with E-state index in [1.54, 1.807) is 32.9 Å². The van der Waals surface area contributed by atoms with Crippen LogP contribution in [0.15, 0.2) is 12.1 Å². The summed E-state index contributed by atoms with van der Waals surface area (Å²) >= 11 is 1.40. The van der Waals surface area contributed by atoms with Crippen molar-refractivity contribution in [1.29, 1.82) is 0 Å². The van der Waals surface area contributed by atoms with Crippen LogP contribution in [0.4, 0.5) is 4.79 Å². The standard InChI is InChI=1S/C16H20N2O5S.H2/c1-16(2,3)23-15(20)17-8-13-18-10-6-9(14(19)22-5)11(21-4)7-12(10)24-13;/h6-7H,8H2,1-5H3,(H,17,20);1H. The van der Waals surface area contributed by atoms with Crippen LogP contribution in [0.5, 0.6) is 5.75 Å². The average Bonchev–Trinajstić information content (AvgIpc) is 2.91. The van der Waals surface area contributed by atoms with E-state index in [2.05, 4.69) is 10.3 Å². The third-order valence-electron chi connectivity index (χ3n) is 2.94. The van der Waals surface area contributed by atoms with E-state index in [0.717, 1.165) is 4.70 Å². The predicted molar refractivity (Wildman–Crippen MR) is 92.7 cm³/mol. The third-order valence-corrected chi connectivity index (χ3v) is 3.96. The Balaban J connectivity index is 0.00000312. The molecule has 8 heteroatoms. The normalized spacial score (nSPS) is 11.2. The number of aromatic nitrogens is 1. The highest BCUT2D eigenvalue weighted by Crippen LogP contribution is 2.30. The van der Waals surface area contributed by atoms with E-state index in [1.807, 2.05) is 0 Å². The lowest BCUT2D eigenvalue weighted by Crippen LogP contribution is -2.32. The fourth-order valence-corrected chi connectivity index (χ4v) is 2.90. The van der Waals surface area contributed by atoms with Gasteiger partial charge in [-0.15, -0.1) is 11.3 Å². The predicted octanol–water partition coefficient (Wildman–Crippen LogP) is 3.36. The molecule has 0 aliphatic carbocycles. The van der Waals surface area contributed by atoms with Crippen LogP contribution < -0.4 is 10.1 Å². The van der Waals surface area contributed by atoms with Gasteiger partial charge in [-0.3, -0.25) is 0 Å². The highest BCUT2D eigenvalue weighted by molar-refractivity contribution is 7.18. The van der Waals surface area contributed by atoms with Gasteiger partial charge in [-0.25, -0.2) is 14.6 Å². The van der Waals surface area contributed by atoms with Gasteiger partial charge in [-0.05, 0) is 26.8 Å². The molecule has 1 heterocycles. The molecular weight excluding hydrogens is 332 g/mol. The van der Waals surface area contributed by atoms with E-state index >= 15 is 0 Å². The zero-order valence-electron chi connectivity index (χ0n) is 14.3. The molecule has 1 amide bonds. The van der Waals surface area contributed by atoms with Crippen LogP contribution in [-0.4, -0.2) is 36.9 Å². The van der Waals surface area contributed by atoms with Gasteiger partial charge in [0.1, 0.15) is 21.9 Å². The number of hydrogen-bond donors (Lipinski definition) is 1. The number of benzene rings is 1. The Morgan fingerprint density at radius 2 is 2.00 bits per heavy atom. The van der Waals surface area contributed by atoms with Gasteiger partial charge >= 0.3 is 12.1 Å². The molecule has 1 N–H and O–H groups in total. The summed E-state index contributed by atoms with van der Waals surface area (Å²) in [5.41, 5.74) is 0.395. The molecule has 0 radical (unpaired) electrons. The van der Waals surface area contributed by atoms with Crippen LogP contribution in [0, 0.1) is 0 Å². The molecule has 0 unspecified atom stereocenters. The summed E-state index contributed by atoms with van der Waals surface area (Å²) in [6, 6.07) is 3.35. The van der Waals surface area contributed by atoms with E-state index in [9.17, 15) is 9.59 Å². The number of rotatable bonds is 4. The van der Waals surface area contributed by atoms with Gasteiger partial charge in [0.15, 0.2) is 0 Å². The number of ether oxygens (including phenoxy) is 3. The topological polar surface area (TPSA) is 86.8 Å². The van der Waals surface area contributed by atoms with Gasteiger partial charge in [0.2, 0.25) is 0 Å². The van der Waals surface area contributed by atoms with Crippen molar-refractivity contribution in [1.82, 2.24) is 10.3 Å². The van der Waals surface area contributed by atoms with Crippen LogP contribution >= 0.6 is 11.3 Å². The Labute approximate surface area is 145 Å². The van der Waals surface area contributed by atoms with Gasteiger partial charge in [0.25, 0.3) is 0 Å². The average molecular weight is 354 g/mol. The molecule has 0 saturated carbocycles. The second-order valence-electron chi connectivity index (χ2n) is 5.97. The van der Waals surface area contributed by atoms with Gasteiger partial charge < -0.3 is 19.5 Å². The number of carbonyl (C=O) groups excluding carboxylic acids is 2. The molecule has 0 aliphatic rings. The summed E-state index contributed by atoms with van der Waals surface area (Å²) in [5, 5.41) is 3.35. The first kappa shape index (κ1) is 18.0. The van der Waals surface area contributed by atoms with Crippen molar-refractivity contribution in [2.24, 2.45) is 0 Å². The molecule has 0 bridgehead atoms. The van der Waals surface area contributed by atoms with Crippen molar-refractivity contribution >= 4 is 33.6 Å². The molecule has 1 aromatic carbocycles. The molecule has 0 spiro atoms. The fourth-order valence-electron chi connectivity index (χ4n) is 1.98. The van der Waals surface area contributed by atoms with Crippen LogP contribution in [0.25, 0.3) is 10.2 Å². The molecule has 24 heavy (non-hydrogen) atoms. The SMILES string of the molecule is COC(=O)c1cc2nc(CNC(=O)OC(C)(C)C)sc2cc1OC.[HH]. The quantitative estimate of drug-likeness (QED) is 0.847. The Morgan fingerprint density at radius 3 is 2.58 bits per heavy atom. The first-order chi connectivity index (χ1) is 11.2. The van der Waals surface area contributed by atoms with Gasteiger partial charge in [-0.1, -0.05) is 0 Å². The van der Waals surface area contributed by atoms with E-state index in [-0.39, 0.29) is 7.97 Å². The van der Waals surface area contributed by atoms with E-state index in [4.69, 9.17) is 14.2 Å². The zero-order valence-corrected chi connectivity index (χ0v) is 15.1. The Hall–Kier alpha value is -2.35. The van der Waals surface area contributed by atoms with Crippen molar-refractivity contribution in [2.45, 2.75) is 32.9 Å². The first-order valence-electron chi connectivity index (χ1n) is 7.26. The van der Waals surface area contributed by atoms with Crippen LogP contribution in [-0.2, 0) is 16.0 Å². The lowest BCUT2D eigenvalue weighted by molar-refractivity contribution is 0.0522. The summed E-state index contributed by atoms with van der Waals surface area (Å²) in [5.74, 6) is -0.0696. The van der Waals surface area contributed by atoms with Crippen LogP contribution in [0.1, 0.15) is 37.6 Å². The molecule has 2 aromatic rings. The molecule has 0 saturated heterocycles. The van der Waals surface area contributed by atoms with Crippen molar-refractivity contribution < 1.29 is 25.2 Å². The minimum atomic E-state index is -0.555. The maximum atomic E-state index is 11.8. The van der Waals surface area contributed by atoms with E-state index < -0.39 is 17.7 Å². The molecular formula is C16H22N2O5S. The van der Waals surface area contributed by atoms with Gasteiger partial charge in [0.05, 0.1) is 31.0 Å². The van der Waals surface area contributed by atoms with E-state index in [1.165, 1.54) is 25.6 Å². The van der Waals surface area contributed by atoms with Crippen molar-refractivity contribution in [3.8, 4) is 5.75 Å². The van der Waals surface area contributed by atoms with Crippen molar-refractivity contribution in [3.05, 3.63) is 22.7 Å². The summed E-state index contributed by atoms with van der Waals surface area (Å²) in [7, 11) is 2.79. The molecule has 0 fully saturated rings. The maximum Gasteiger partial charge on any atom is 0.408 e. The number of esters is 1. The van der Waals surface area contributed by atoms with E-state index in [0.29, 0.717) is 21.8 Å². The third kappa shape index (κ3) is 4.35. The number of hydrogen-bond acceptors (Lipinski definition) is 7. The molecule has 0 atom stereocenters. The Bertz CT molecular complexity index is 770. The molecule has 1 aromatic heterocycles. The van der Waals surface area contributed by atoms with Crippen molar-refractivity contribution in [2.75, 3.05) is 14.2 Å². The van der Waals surface area contributed by atoms with Gasteiger partial charge in [-0.2, -0.15) is 0 Å². The van der Waals surface area contributed by atoms with Gasteiger partial charge in [0, 0.05) is 7.49 Å². The van der Waals surface area contributed by atoms with Crippen molar-refractivity contribution in [3.63, 3.8) is 0 Å². The molecule has 7 nitrogen and oxygen atoms in total. The Morgan fingerprint density at radius 1 is 1.29 bits per heavy atom. The molecule has 132 valence electrons. The van der Waals surface area contributed by atoms with Crippen LogP contribution in [0.2, 0.25) is 0 Å². The number of nitrogens with zero attached hydrogens (tertiary/aromatic N) is 1. The number of amides is 1. The lowest BCUT2D eigenvalue weighted by atomic mass is 10.2. The Kier molecular flexibility index (Phi) is 5.28. The molecule has 0 aliphatic heterocycles. The second kappa shape index (κ2) is 7.04. The number of fused-ring (bicyclic) bond motifs is 1. The monoisotopic (exact) mass is 354 g/mol.